The van der Waals surface area contributed by atoms with Gasteiger partial charge in [0.15, 0.2) is 11.5 Å². The fourth-order valence-electron chi connectivity index (χ4n) is 3.10. The van der Waals surface area contributed by atoms with Crippen molar-refractivity contribution in [3.05, 3.63) is 24.3 Å². The number of fused-ring (bicyclic) bond motifs is 1. The third-order valence-electron chi connectivity index (χ3n) is 4.75. The van der Waals surface area contributed by atoms with E-state index in [1.54, 1.807) is 24.0 Å². The first kappa shape index (κ1) is 19.0. The Labute approximate surface area is 157 Å². The summed E-state index contributed by atoms with van der Waals surface area (Å²) in [6.45, 7) is 3.86. The van der Waals surface area contributed by atoms with E-state index in [-0.39, 0.29) is 12.5 Å². The molecule has 0 spiro atoms. The van der Waals surface area contributed by atoms with Crippen molar-refractivity contribution in [2.24, 2.45) is 0 Å². The fourth-order valence-corrected chi connectivity index (χ4v) is 3.10. The molecule has 146 valence electrons. The van der Waals surface area contributed by atoms with E-state index in [1.807, 2.05) is 17.0 Å². The average molecular weight is 377 g/mol. The summed E-state index contributed by atoms with van der Waals surface area (Å²) < 4.78 is 15.8. The molecule has 0 unspecified atom stereocenters. The van der Waals surface area contributed by atoms with Crippen LogP contribution in [-0.2, 0) is 14.3 Å². The highest BCUT2D eigenvalue weighted by Gasteiger charge is 2.34. The predicted molar refractivity (Wildman–Crippen MR) is 94.5 cm³/mol. The predicted octanol–water partition coefficient (Wildman–Crippen LogP) is 0.242. The molecule has 2 heterocycles. The Hall–Kier alpha value is -2.81. The zero-order valence-electron chi connectivity index (χ0n) is 15.3. The molecule has 1 aromatic carbocycles. The average Bonchev–Trinajstić information content (AvgIpc) is 2.72. The first-order chi connectivity index (χ1) is 13.0. The molecule has 9 nitrogen and oxygen atoms in total. The lowest BCUT2D eigenvalue weighted by Crippen LogP contribution is -2.57. The van der Waals surface area contributed by atoms with Gasteiger partial charge in [-0.1, -0.05) is 12.1 Å². The standard InChI is InChI=1S/C18H23N3O6/c1-12(16(22)19-18(24)25-2)20-7-9-21(10-8-20)17(23)15-11-26-13-5-3-4-6-14(13)27-15/h3-6,12,15H,7-11H2,1-2H3,(H,19,22,24)/t12-,15+/m1/s1. The van der Waals surface area contributed by atoms with Gasteiger partial charge in [-0.3, -0.25) is 19.8 Å². The van der Waals surface area contributed by atoms with E-state index in [0.29, 0.717) is 37.7 Å². The molecule has 1 fully saturated rings. The largest absolute Gasteiger partial charge is 0.485 e. The van der Waals surface area contributed by atoms with Crippen LogP contribution in [0.2, 0.25) is 0 Å². The third-order valence-corrected chi connectivity index (χ3v) is 4.75. The highest BCUT2D eigenvalue weighted by atomic mass is 16.6. The maximum atomic E-state index is 12.7. The Balaban J connectivity index is 1.51. The molecule has 1 saturated heterocycles. The minimum absolute atomic E-state index is 0.129. The van der Waals surface area contributed by atoms with Gasteiger partial charge in [-0.05, 0) is 19.1 Å². The maximum Gasteiger partial charge on any atom is 0.413 e. The van der Waals surface area contributed by atoms with Crippen molar-refractivity contribution in [3.63, 3.8) is 0 Å². The number of alkyl carbamates (subject to hydrolysis) is 1. The van der Waals surface area contributed by atoms with Gasteiger partial charge in [0, 0.05) is 26.2 Å². The van der Waals surface area contributed by atoms with Gasteiger partial charge in [-0.2, -0.15) is 0 Å². The maximum absolute atomic E-state index is 12.7. The molecule has 0 bridgehead atoms. The molecule has 0 aromatic heterocycles. The normalized spacial score (nSPS) is 20.5. The molecular weight excluding hydrogens is 354 g/mol. The molecule has 1 aromatic rings. The van der Waals surface area contributed by atoms with Gasteiger partial charge in [0.1, 0.15) is 6.61 Å². The van der Waals surface area contributed by atoms with Gasteiger partial charge in [0.05, 0.1) is 13.2 Å². The molecule has 2 aliphatic rings. The number of para-hydroxylation sites is 2. The summed E-state index contributed by atoms with van der Waals surface area (Å²) in [4.78, 5) is 39.5. The number of benzene rings is 1. The summed E-state index contributed by atoms with van der Waals surface area (Å²) >= 11 is 0. The summed E-state index contributed by atoms with van der Waals surface area (Å²) in [6.07, 6.45) is -1.46. The van der Waals surface area contributed by atoms with Crippen LogP contribution < -0.4 is 14.8 Å². The lowest BCUT2D eigenvalue weighted by atomic mass is 10.2. The number of amides is 3. The van der Waals surface area contributed by atoms with Crippen LogP contribution in [0.15, 0.2) is 24.3 Å². The molecular formula is C18H23N3O6. The van der Waals surface area contributed by atoms with E-state index in [1.165, 1.54) is 7.11 Å². The Morgan fingerprint density at radius 3 is 2.48 bits per heavy atom. The zero-order chi connectivity index (χ0) is 19.4. The molecule has 2 aliphatic heterocycles. The van der Waals surface area contributed by atoms with Crippen molar-refractivity contribution in [1.29, 1.82) is 0 Å². The topological polar surface area (TPSA) is 97.4 Å². The van der Waals surface area contributed by atoms with E-state index >= 15 is 0 Å². The van der Waals surface area contributed by atoms with Crippen LogP contribution in [0, 0.1) is 0 Å². The van der Waals surface area contributed by atoms with Crippen LogP contribution in [0.1, 0.15) is 6.92 Å². The molecule has 3 rings (SSSR count). The number of nitrogens with one attached hydrogen (secondary N) is 1. The number of carbonyl (C=O) groups is 3. The number of rotatable bonds is 3. The summed E-state index contributed by atoms with van der Waals surface area (Å²) in [6, 6.07) is 6.75. The minimum atomic E-state index is -0.782. The lowest BCUT2D eigenvalue weighted by Gasteiger charge is -2.38. The van der Waals surface area contributed by atoms with Crippen molar-refractivity contribution in [3.8, 4) is 11.5 Å². The van der Waals surface area contributed by atoms with E-state index in [4.69, 9.17) is 9.47 Å². The van der Waals surface area contributed by atoms with Crippen molar-refractivity contribution in [2.45, 2.75) is 19.1 Å². The van der Waals surface area contributed by atoms with Crippen molar-refractivity contribution >= 4 is 17.9 Å². The van der Waals surface area contributed by atoms with E-state index in [9.17, 15) is 14.4 Å². The summed E-state index contributed by atoms with van der Waals surface area (Å²) in [5.41, 5.74) is 0. The van der Waals surface area contributed by atoms with Crippen LogP contribution in [-0.4, -0.2) is 79.7 Å². The highest BCUT2D eigenvalue weighted by molar-refractivity contribution is 5.94. The minimum Gasteiger partial charge on any atom is -0.485 e. The number of hydrogen-bond acceptors (Lipinski definition) is 7. The first-order valence-corrected chi connectivity index (χ1v) is 8.79. The summed E-state index contributed by atoms with van der Waals surface area (Å²) in [5, 5.41) is 2.16. The Morgan fingerprint density at radius 2 is 1.81 bits per heavy atom. The van der Waals surface area contributed by atoms with E-state index in [2.05, 4.69) is 10.1 Å². The number of imide groups is 1. The Kier molecular flexibility index (Phi) is 5.80. The summed E-state index contributed by atoms with van der Waals surface area (Å²) in [5.74, 6) is 0.642. The van der Waals surface area contributed by atoms with Gasteiger partial charge in [-0.15, -0.1) is 0 Å². The highest BCUT2D eigenvalue weighted by Crippen LogP contribution is 2.31. The lowest BCUT2D eigenvalue weighted by molar-refractivity contribution is -0.143. The van der Waals surface area contributed by atoms with E-state index in [0.717, 1.165) is 0 Å². The van der Waals surface area contributed by atoms with Crippen LogP contribution in [0.3, 0.4) is 0 Å². The fraction of sp³-hybridized carbons (Fsp3) is 0.500. The Morgan fingerprint density at radius 1 is 1.15 bits per heavy atom. The quantitative estimate of drug-likeness (QED) is 0.806. The molecule has 3 amide bonds. The second-order valence-corrected chi connectivity index (χ2v) is 6.38. The number of hydrogen-bond donors (Lipinski definition) is 1. The number of carbonyl (C=O) groups excluding carboxylic acids is 3. The molecule has 0 radical (unpaired) electrons. The SMILES string of the molecule is COC(=O)NC(=O)[C@@H](C)N1CCN(C(=O)[C@@H]2COc3ccccc3O2)CC1. The van der Waals surface area contributed by atoms with E-state index < -0.39 is 24.1 Å². The van der Waals surface area contributed by atoms with Gasteiger partial charge >= 0.3 is 6.09 Å². The second-order valence-electron chi connectivity index (χ2n) is 6.38. The van der Waals surface area contributed by atoms with Crippen molar-refractivity contribution in [2.75, 3.05) is 39.9 Å². The number of methoxy groups -OCH3 is 1. The van der Waals surface area contributed by atoms with Gasteiger partial charge in [0.2, 0.25) is 12.0 Å². The van der Waals surface area contributed by atoms with Crippen LogP contribution in [0.4, 0.5) is 4.79 Å². The molecule has 27 heavy (non-hydrogen) atoms. The summed E-state index contributed by atoms with van der Waals surface area (Å²) in [7, 11) is 1.20. The molecule has 2 atom stereocenters. The third kappa shape index (κ3) is 4.30. The van der Waals surface area contributed by atoms with Crippen molar-refractivity contribution < 1.29 is 28.6 Å². The molecule has 0 saturated carbocycles. The molecule has 0 aliphatic carbocycles. The van der Waals surface area contributed by atoms with Gasteiger partial charge in [0.25, 0.3) is 5.91 Å². The van der Waals surface area contributed by atoms with Gasteiger partial charge in [-0.25, -0.2) is 4.79 Å². The van der Waals surface area contributed by atoms with Crippen molar-refractivity contribution in [1.82, 2.24) is 15.1 Å². The zero-order valence-corrected chi connectivity index (χ0v) is 15.3. The van der Waals surface area contributed by atoms with Crippen LogP contribution >= 0.6 is 0 Å². The Bertz CT molecular complexity index is 717. The number of ether oxygens (including phenoxy) is 3. The van der Waals surface area contributed by atoms with Gasteiger partial charge < -0.3 is 19.1 Å². The first-order valence-electron chi connectivity index (χ1n) is 8.79. The number of nitrogens with zero attached hydrogens (tertiary/aromatic N) is 2. The molecule has 9 heteroatoms. The monoisotopic (exact) mass is 377 g/mol. The van der Waals surface area contributed by atoms with Crippen LogP contribution in [0.5, 0.6) is 11.5 Å². The number of piperazine rings is 1. The van der Waals surface area contributed by atoms with Crippen LogP contribution in [0.25, 0.3) is 0 Å². The second kappa shape index (κ2) is 8.26. The smallest absolute Gasteiger partial charge is 0.413 e. The molecule has 1 N–H and O–H groups in total.